The number of rotatable bonds is 6. The lowest BCUT2D eigenvalue weighted by molar-refractivity contribution is -0.125. The summed E-state index contributed by atoms with van der Waals surface area (Å²) in [5, 5.41) is 5.49. The van der Waals surface area contributed by atoms with Crippen molar-refractivity contribution >= 4 is 11.9 Å². The number of amides is 3. The Morgan fingerprint density at radius 1 is 1.07 bits per heavy atom. The van der Waals surface area contributed by atoms with Crippen molar-refractivity contribution in [3.05, 3.63) is 23.8 Å². The average Bonchev–Trinajstić information content (AvgIpc) is 3.22. The second kappa shape index (κ2) is 9.96. The molecule has 160 valence electrons. The predicted molar refractivity (Wildman–Crippen MR) is 111 cm³/mol. The van der Waals surface area contributed by atoms with E-state index in [9.17, 15) is 9.59 Å². The highest BCUT2D eigenvalue weighted by Crippen LogP contribution is 2.39. The summed E-state index contributed by atoms with van der Waals surface area (Å²) in [5.74, 6) is 1.27. The number of methoxy groups -OCH3 is 2. The molecule has 3 amide bonds. The van der Waals surface area contributed by atoms with Gasteiger partial charge in [-0.1, -0.05) is 19.3 Å². The van der Waals surface area contributed by atoms with Crippen molar-refractivity contribution in [3.8, 4) is 11.5 Å². The summed E-state index contributed by atoms with van der Waals surface area (Å²) >= 11 is 0. The Balaban J connectivity index is 1.65. The Kier molecular flexibility index (Phi) is 7.36. The maximum absolute atomic E-state index is 12.8. The quantitative estimate of drug-likeness (QED) is 0.761. The van der Waals surface area contributed by atoms with E-state index in [-0.39, 0.29) is 24.0 Å². The summed E-state index contributed by atoms with van der Waals surface area (Å²) in [6, 6.07) is 5.15. The Morgan fingerprint density at radius 2 is 1.83 bits per heavy atom. The second-order valence-corrected chi connectivity index (χ2v) is 7.98. The zero-order valence-corrected chi connectivity index (χ0v) is 17.7. The lowest BCUT2D eigenvalue weighted by Gasteiger charge is -2.31. The van der Waals surface area contributed by atoms with Gasteiger partial charge in [-0.2, -0.15) is 0 Å². The number of carbonyl (C=O) groups excluding carboxylic acids is 2. The number of imide groups is 1. The average molecular weight is 404 g/mol. The van der Waals surface area contributed by atoms with Gasteiger partial charge in [-0.25, -0.2) is 4.79 Å². The number of hydrogen-bond acceptors (Lipinski definition) is 5. The molecule has 1 aliphatic carbocycles. The van der Waals surface area contributed by atoms with Crippen LogP contribution in [-0.4, -0.2) is 49.7 Å². The SMILES string of the molecule is COc1ccc(OC)c([C@H]2CCCN2[C@H](C)C(=O)NC(=O)NC2CCCCC2)c1. The van der Waals surface area contributed by atoms with E-state index in [0.717, 1.165) is 62.1 Å². The lowest BCUT2D eigenvalue weighted by Crippen LogP contribution is -2.51. The van der Waals surface area contributed by atoms with Gasteiger partial charge in [0, 0.05) is 17.6 Å². The molecule has 1 aliphatic heterocycles. The van der Waals surface area contributed by atoms with E-state index in [4.69, 9.17) is 9.47 Å². The summed E-state index contributed by atoms with van der Waals surface area (Å²) in [6.07, 6.45) is 7.37. The maximum Gasteiger partial charge on any atom is 0.321 e. The molecule has 0 unspecified atom stereocenters. The third kappa shape index (κ3) is 5.21. The zero-order chi connectivity index (χ0) is 20.8. The Hall–Kier alpha value is -2.28. The highest BCUT2D eigenvalue weighted by molar-refractivity contribution is 5.96. The number of urea groups is 1. The molecule has 7 nitrogen and oxygen atoms in total. The van der Waals surface area contributed by atoms with Crippen LogP contribution in [-0.2, 0) is 4.79 Å². The highest BCUT2D eigenvalue weighted by Gasteiger charge is 2.35. The van der Waals surface area contributed by atoms with Crippen LogP contribution >= 0.6 is 0 Å². The minimum atomic E-state index is -0.421. The summed E-state index contributed by atoms with van der Waals surface area (Å²) < 4.78 is 10.9. The topological polar surface area (TPSA) is 79.9 Å². The minimum Gasteiger partial charge on any atom is -0.497 e. The van der Waals surface area contributed by atoms with Gasteiger partial charge in [0.15, 0.2) is 0 Å². The van der Waals surface area contributed by atoms with Crippen molar-refractivity contribution < 1.29 is 19.1 Å². The van der Waals surface area contributed by atoms with E-state index in [2.05, 4.69) is 15.5 Å². The minimum absolute atomic E-state index is 0.0437. The van der Waals surface area contributed by atoms with Crippen molar-refractivity contribution in [1.29, 1.82) is 0 Å². The van der Waals surface area contributed by atoms with Crippen LogP contribution in [0.25, 0.3) is 0 Å². The Labute approximate surface area is 173 Å². The molecule has 0 spiro atoms. The van der Waals surface area contributed by atoms with Crippen LogP contribution in [0.15, 0.2) is 18.2 Å². The molecule has 7 heteroatoms. The second-order valence-electron chi connectivity index (χ2n) is 7.98. The van der Waals surface area contributed by atoms with Gasteiger partial charge < -0.3 is 14.8 Å². The van der Waals surface area contributed by atoms with Gasteiger partial charge in [-0.3, -0.25) is 15.0 Å². The molecule has 2 N–H and O–H groups in total. The number of hydrogen-bond donors (Lipinski definition) is 2. The molecule has 0 radical (unpaired) electrons. The van der Waals surface area contributed by atoms with E-state index < -0.39 is 6.04 Å². The molecule has 1 saturated heterocycles. The van der Waals surface area contributed by atoms with Crippen LogP contribution in [0, 0.1) is 0 Å². The molecule has 1 saturated carbocycles. The first-order valence-corrected chi connectivity index (χ1v) is 10.6. The van der Waals surface area contributed by atoms with Crippen LogP contribution in [0.5, 0.6) is 11.5 Å². The molecular weight excluding hydrogens is 370 g/mol. The Bertz CT molecular complexity index is 718. The molecule has 0 aromatic heterocycles. The summed E-state index contributed by atoms with van der Waals surface area (Å²) in [6.45, 7) is 2.65. The fourth-order valence-electron chi connectivity index (χ4n) is 4.52. The van der Waals surface area contributed by atoms with Gasteiger partial charge in [0.1, 0.15) is 11.5 Å². The number of nitrogens with one attached hydrogen (secondary N) is 2. The summed E-state index contributed by atoms with van der Waals surface area (Å²) in [5.41, 5.74) is 1.01. The Morgan fingerprint density at radius 3 is 2.52 bits per heavy atom. The fraction of sp³-hybridized carbons (Fsp3) is 0.636. The van der Waals surface area contributed by atoms with Crippen LogP contribution in [0.2, 0.25) is 0 Å². The highest BCUT2D eigenvalue weighted by atomic mass is 16.5. The first kappa shape index (κ1) is 21.4. The van der Waals surface area contributed by atoms with Gasteiger partial charge >= 0.3 is 6.03 Å². The molecule has 2 fully saturated rings. The third-order valence-electron chi connectivity index (χ3n) is 6.14. The first-order valence-electron chi connectivity index (χ1n) is 10.6. The molecule has 0 bridgehead atoms. The standard InChI is InChI=1S/C22H33N3O4/c1-15(21(26)24-22(27)23-16-8-5-4-6-9-16)25-13-7-10-19(25)18-14-17(28-2)11-12-20(18)29-3/h11-12,14-16,19H,4-10,13H2,1-3H3,(H2,23,24,26,27)/t15-,19-/m1/s1. The summed E-state index contributed by atoms with van der Waals surface area (Å²) in [7, 11) is 3.29. The van der Waals surface area contributed by atoms with Crippen molar-refractivity contribution in [2.75, 3.05) is 20.8 Å². The largest absolute Gasteiger partial charge is 0.497 e. The van der Waals surface area contributed by atoms with Gasteiger partial charge in [0.2, 0.25) is 5.91 Å². The normalized spacial score (nSPS) is 21.4. The van der Waals surface area contributed by atoms with Gasteiger partial charge in [-0.15, -0.1) is 0 Å². The van der Waals surface area contributed by atoms with Crippen LogP contribution in [0.3, 0.4) is 0 Å². The molecule has 2 aliphatic rings. The maximum atomic E-state index is 12.8. The van der Waals surface area contributed by atoms with E-state index in [1.54, 1.807) is 14.2 Å². The number of benzene rings is 1. The molecular formula is C22H33N3O4. The van der Waals surface area contributed by atoms with Crippen molar-refractivity contribution in [2.45, 2.75) is 70.0 Å². The number of ether oxygens (including phenoxy) is 2. The van der Waals surface area contributed by atoms with E-state index >= 15 is 0 Å². The number of nitrogens with zero attached hydrogens (tertiary/aromatic N) is 1. The smallest absolute Gasteiger partial charge is 0.321 e. The summed E-state index contributed by atoms with van der Waals surface area (Å²) in [4.78, 5) is 27.2. The van der Waals surface area contributed by atoms with Crippen LogP contribution in [0.4, 0.5) is 4.79 Å². The monoisotopic (exact) mass is 403 g/mol. The van der Waals surface area contributed by atoms with E-state index in [1.807, 2.05) is 25.1 Å². The third-order valence-corrected chi connectivity index (χ3v) is 6.14. The molecule has 1 aromatic rings. The van der Waals surface area contributed by atoms with Gasteiger partial charge in [0.25, 0.3) is 0 Å². The van der Waals surface area contributed by atoms with Gasteiger partial charge in [-0.05, 0) is 57.4 Å². The van der Waals surface area contributed by atoms with Gasteiger partial charge in [0.05, 0.1) is 20.3 Å². The molecule has 1 heterocycles. The molecule has 3 rings (SSSR count). The van der Waals surface area contributed by atoms with Crippen molar-refractivity contribution in [3.63, 3.8) is 0 Å². The van der Waals surface area contributed by atoms with Crippen molar-refractivity contribution in [1.82, 2.24) is 15.5 Å². The number of carbonyl (C=O) groups is 2. The molecule has 2 atom stereocenters. The van der Waals surface area contributed by atoms with Crippen LogP contribution in [0.1, 0.15) is 63.5 Å². The number of likely N-dealkylation sites (tertiary alicyclic amines) is 1. The molecule has 29 heavy (non-hydrogen) atoms. The zero-order valence-electron chi connectivity index (χ0n) is 17.7. The van der Waals surface area contributed by atoms with E-state index in [1.165, 1.54) is 6.42 Å². The van der Waals surface area contributed by atoms with Crippen LogP contribution < -0.4 is 20.1 Å². The van der Waals surface area contributed by atoms with Crippen molar-refractivity contribution in [2.24, 2.45) is 0 Å². The van der Waals surface area contributed by atoms with E-state index in [0.29, 0.717) is 0 Å². The predicted octanol–water partition coefficient (Wildman–Crippen LogP) is 3.39. The first-order chi connectivity index (χ1) is 14.0. The lowest BCUT2D eigenvalue weighted by atomic mass is 9.96. The molecule has 1 aromatic carbocycles. The fourth-order valence-corrected chi connectivity index (χ4v) is 4.52.